The number of carbonyl (C=O) groups excluding carboxylic acids is 1. The molecule has 2 N–H and O–H groups in total. The number of aromatic nitrogens is 1. The molecule has 1 amide bonds. The molecule has 0 saturated heterocycles. The highest BCUT2D eigenvalue weighted by atomic mass is 32.1. The van der Waals surface area contributed by atoms with Gasteiger partial charge in [0.2, 0.25) is 0 Å². The second-order valence-corrected chi connectivity index (χ2v) is 8.40. The Hall–Kier alpha value is -3.97. The predicted octanol–water partition coefficient (Wildman–Crippen LogP) is 5.87. The van der Waals surface area contributed by atoms with Gasteiger partial charge in [-0.3, -0.25) is 10.3 Å². The summed E-state index contributed by atoms with van der Waals surface area (Å²) in [4.78, 5) is 29.1. The zero-order valence-corrected chi connectivity index (χ0v) is 17.6. The first-order valence-electron chi connectivity index (χ1n) is 10.0. The van der Waals surface area contributed by atoms with Crippen molar-refractivity contribution in [3.8, 4) is 21.6 Å². The van der Waals surface area contributed by atoms with Crippen molar-refractivity contribution in [2.45, 2.75) is 5.92 Å². The number of aromatic carboxylic acids is 1. The van der Waals surface area contributed by atoms with Crippen LogP contribution in [0.3, 0.4) is 0 Å². The number of pyridine rings is 1. The van der Waals surface area contributed by atoms with Gasteiger partial charge in [-0.2, -0.15) is 0 Å². The Morgan fingerprint density at radius 1 is 1.00 bits per heavy atom. The number of carboxylic acids is 1. The summed E-state index contributed by atoms with van der Waals surface area (Å²) in [7, 11) is 0. The number of rotatable bonds is 5. The monoisotopic (exact) mass is 442 g/mol. The Labute approximate surface area is 188 Å². The molecule has 2 aromatic carbocycles. The van der Waals surface area contributed by atoms with E-state index in [1.54, 1.807) is 24.5 Å². The van der Waals surface area contributed by atoms with Gasteiger partial charge < -0.3 is 9.84 Å². The molecule has 0 bridgehead atoms. The van der Waals surface area contributed by atoms with E-state index in [0.717, 1.165) is 39.2 Å². The van der Waals surface area contributed by atoms with E-state index in [-0.39, 0.29) is 23.1 Å². The summed E-state index contributed by atoms with van der Waals surface area (Å²) in [6, 6.07) is 21.4. The molecule has 4 aromatic rings. The van der Waals surface area contributed by atoms with Crippen LogP contribution in [0.2, 0.25) is 0 Å². The van der Waals surface area contributed by atoms with Crippen LogP contribution < -0.4 is 5.32 Å². The Bertz CT molecular complexity index is 1270. The maximum atomic E-state index is 12.6. The van der Waals surface area contributed by atoms with Crippen LogP contribution >= 0.6 is 11.3 Å². The number of benzene rings is 2. The second kappa shape index (κ2) is 8.28. The maximum Gasteiger partial charge on any atom is 0.411 e. The van der Waals surface area contributed by atoms with Crippen LogP contribution in [0.1, 0.15) is 26.7 Å². The smallest absolute Gasteiger partial charge is 0.411 e. The minimum Gasteiger partial charge on any atom is -0.477 e. The number of carboxylic acid groups (broad SMARTS) is 1. The van der Waals surface area contributed by atoms with E-state index in [4.69, 9.17) is 4.74 Å². The number of ether oxygens (including phenoxy) is 1. The van der Waals surface area contributed by atoms with Crippen molar-refractivity contribution in [1.82, 2.24) is 4.98 Å². The normalized spacial score (nSPS) is 12.1. The van der Waals surface area contributed by atoms with Crippen LogP contribution in [0.4, 0.5) is 10.5 Å². The van der Waals surface area contributed by atoms with E-state index < -0.39 is 12.1 Å². The van der Waals surface area contributed by atoms with Gasteiger partial charge in [0.25, 0.3) is 0 Å². The van der Waals surface area contributed by atoms with Crippen LogP contribution in [-0.4, -0.2) is 28.8 Å². The summed E-state index contributed by atoms with van der Waals surface area (Å²) in [5.74, 6) is -1.18. The molecule has 0 unspecified atom stereocenters. The fourth-order valence-electron chi connectivity index (χ4n) is 4.04. The van der Waals surface area contributed by atoms with Crippen LogP contribution in [0.15, 0.2) is 79.1 Å². The highest BCUT2D eigenvalue weighted by molar-refractivity contribution is 7.18. The largest absolute Gasteiger partial charge is 0.477 e. The number of hydrogen-bond acceptors (Lipinski definition) is 5. The van der Waals surface area contributed by atoms with E-state index in [2.05, 4.69) is 22.4 Å². The average molecular weight is 442 g/mol. The third-order valence-electron chi connectivity index (χ3n) is 5.45. The first-order chi connectivity index (χ1) is 15.6. The average Bonchev–Trinajstić information content (AvgIpc) is 3.38. The zero-order valence-electron chi connectivity index (χ0n) is 16.8. The number of nitrogens with zero attached hydrogens (tertiary/aromatic N) is 1. The van der Waals surface area contributed by atoms with E-state index >= 15 is 0 Å². The van der Waals surface area contributed by atoms with Crippen LogP contribution in [-0.2, 0) is 4.74 Å². The van der Waals surface area contributed by atoms with Gasteiger partial charge in [-0.1, -0.05) is 54.6 Å². The number of anilines is 1. The van der Waals surface area contributed by atoms with Gasteiger partial charge in [-0.15, -0.1) is 11.3 Å². The third kappa shape index (κ3) is 3.63. The van der Waals surface area contributed by atoms with Crippen molar-refractivity contribution in [3.05, 3.63) is 95.1 Å². The minimum absolute atomic E-state index is 0.0392. The summed E-state index contributed by atoms with van der Waals surface area (Å²) in [6.45, 7) is 0.155. The van der Waals surface area contributed by atoms with Crippen LogP contribution in [0.25, 0.3) is 21.6 Å². The van der Waals surface area contributed by atoms with Crippen LogP contribution in [0.5, 0.6) is 0 Å². The number of carbonyl (C=O) groups is 2. The lowest BCUT2D eigenvalue weighted by Gasteiger charge is -2.14. The molecule has 2 heterocycles. The summed E-state index contributed by atoms with van der Waals surface area (Å²) in [6.07, 6.45) is 2.60. The molecule has 0 saturated carbocycles. The molecular weight excluding hydrogens is 424 g/mol. The number of amides is 1. The van der Waals surface area contributed by atoms with Crippen molar-refractivity contribution < 1.29 is 19.4 Å². The number of fused-ring (bicyclic) bond motifs is 3. The Morgan fingerprint density at radius 3 is 2.31 bits per heavy atom. The fourth-order valence-corrected chi connectivity index (χ4v) is 4.98. The second-order valence-electron chi connectivity index (χ2n) is 7.35. The van der Waals surface area contributed by atoms with E-state index in [0.29, 0.717) is 4.88 Å². The Balaban J connectivity index is 1.34. The van der Waals surface area contributed by atoms with E-state index in [1.807, 2.05) is 42.5 Å². The highest BCUT2D eigenvalue weighted by Crippen LogP contribution is 2.44. The van der Waals surface area contributed by atoms with Crippen molar-refractivity contribution >= 4 is 29.1 Å². The fraction of sp³-hybridized carbons (Fsp3) is 0.0800. The van der Waals surface area contributed by atoms with Crippen molar-refractivity contribution in [2.75, 3.05) is 11.9 Å². The van der Waals surface area contributed by atoms with Gasteiger partial charge in [-0.05, 0) is 34.4 Å². The third-order valence-corrected chi connectivity index (χ3v) is 6.62. The van der Waals surface area contributed by atoms with Gasteiger partial charge in [0, 0.05) is 28.8 Å². The van der Waals surface area contributed by atoms with Crippen molar-refractivity contribution in [3.63, 3.8) is 0 Å². The molecule has 6 nitrogen and oxygen atoms in total. The quantitative estimate of drug-likeness (QED) is 0.404. The molecule has 32 heavy (non-hydrogen) atoms. The number of thiophene rings is 1. The molecule has 0 radical (unpaired) electrons. The molecule has 1 aliphatic rings. The topological polar surface area (TPSA) is 88.5 Å². The standard InChI is InChI=1S/C25H18N2O4S/c28-24(29)23-21(12-22(32-23)15-6-5-11-26-13-15)27-25(30)31-14-20-18-9-3-1-7-16(18)17-8-2-4-10-19(17)20/h1-13,20H,14H2,(H,27,30)(H,28,29). The lowest BCUT2D eigenvalue weighted by Crippen LogP contribution is -2.18. The van der Waals surface area contributed by atoms with Crippen molar-refractivity contribution in [2.24, 2.45) is 0 Å². The SMILES string of the molecule is O=C(Nc1cc(-c2cccnc2)sc1C(=O)O)OCC1c2ccccc2-c2ccccc21. The van der Waals surface area contributed by atoms with Gasteiger partial charge in [0.15, 0.2) is 0 Å². The summed E-state index contributed by atoms with van der Waals surface area (Å²) in [5.41, 5.74) is 5.50. The molecule has 5 rings (SSSR count). The molecule has 0 atom stereocenters. The molecule has 2 aromatic heterocycles. The summed E-state index contributed by atoms with van der Waals surface area (Å²) in [5, 5.41) is 12.2. The number of nitrogens with one attached hydrogen (secondary N) is 1. The lowest BCUT2D eigenvalue weighted by atomic mass is 9.98. The molecular formula is C25H18N2O4S. The molecule has 0 fully saturated rings. The Morgan fingerprint density at radius 2 is 1.69 bits per heavy atom. The molecule has 1 aliphatic carbocycles. The zero-order chi connectivity index (χ0) is 22.1. The molecule has 0 aliphatic heterocycles. The first kappa shape index (κ1) is 20.0. The van der Waals surface area contributed by atoms with E-state index in [1.165, 1.54) is 0 Å². The summed E-state index contributed by atoms with van der Waals surface area (Å²) >= 11 is 1.08. The number of hydrogen-bond donors (Lipinski definition) is 2. The lowest BCUT2D eigenvalue weighted by molar-refractivity contribution is 0.0703. The van der Waals surface area contributed by atoms with Crippen LogP contribution in [0, 0.1) is 0 Å². The molecule has 158 valence electrons. The minimum atomic E-state index is -1.11. The summed E-state index contributed by atoms with van der Waals surface area (Å²) < 4.78 is 5.54. The first-order valence-corrected chi connectivity index (χ1v) is 10.8. The van der Waals surface area contributed by atoms with Gasteiger partial charge in [0.05, 0.1) is 5.69 Å². The van der Waals surface area contributed by atoms with Crippen molar-refractivity contribution in [1.29, 1.82) is 0 Å². The van der Waals surface area contributed by atoms with E-state index in [9.17, 15) is 14.7 Å². The predicted molar refractivity (Wildman–Crippen MR) is 123 cm³/mol. The van der Waals surface area contributed by atoms with Gasteiger partial charge in [-0.25, -0.2) is 9.59 Å². The molecule has 0 spiro atoms. The maximum absolute atomic E-state index is 12.6. The Kier molecular flexibility index (Phi) is 5.17. The van der Waals surface area contributed by atoms with Gasteiger partial charge >= 0.3 is 12.1 Å². The van der Waals surface area contributed by atoms with Gasteiger partial charge in [0.1, 0.15) is 11.5 Å². The molecule has 7 heteroatoms. The highest BCUT2D eigenvalue weighted by Gasteiger charge is 2.29.